The summed E-state index contributed by atoms with van der Waals surface area (Å²) >= 11 is -1.23. The Balaban J connectivity index is 0.00000176. The average molecular weight is 663 g/mol. The van der Waals surface area contributed by atoms with Gasteiger partial charge in [0.05, 0.1) is 0 Å². The second-order valence-electron chi connectivity index (χ2n) is 9.66. The van der Waals surface area contributed by atoms with Gasteiger partial charge in [-0.2, -0.15) is 0 Å². The Morgan fingerprint density at radius 2 is 0.769 bits per heavy atom. The fourth-order valence-corrected chi connectivity index (χ4v) is 17.5. The van der Waals surface area contributed by atoms with Crippen molar-refractivity contribution < 1.29 is 23.2 Å². The zero-order valence-electron chi connectivity index (χ0n) is 21.9. The van der Waals surface area contributed by atoms with Gasteiger partial charge in [0.2, 0.25) is 0 Å². The maximum atomic E-state index is 2.50. The van der Waals surface area contributed by atoms with E-state index in [4.69, 9.17) is 0 Å². The Morgan fingerprint density at radius 1 is 0.462 bits per heavy atom. The van der Waals surface area contributed by atoms with Crippen LogP contribution in [-0.4, -0.2) is 10.6 Å². The van der Waals surface area contributed by atoms with Crippen LogP contribution in [0.4, 0.5) is 0 Å². The molecule has 4 aromatic rings. The average Bonchev–Trinajstić information content (AvgIpc) is 3.48. The van der Waals surface area contributed by atoms with E-state index >= 15 is 0 Å². The minimum absolute atomic E-state index is 0. The third-order valence-corrected chi connectivity index (χ3v) is 18.6. The molecule has 6 rings (SSSR count). The van der Waals surface area contributed by atoms with Gasteiger partial charge in [-0.1, -0.05) is 0 Å². The van der Waals surface area contributed by atoms with Gasteiger partial charge in [-0.3, -0.25) is 0 Å². The van der Waals surface area contributed by atoms with E-state index < -0.39 is 23.2 Å². The zero-order chi connectivity index (χ0) is 25.3. The standard InChI is InChI=1S/2C17H14P.2ClH.Zr/c2*1-13-12-16(14-8-4-2-5-9-14)18-17(13)15-10-6-3-7-11-15;;;/h2*2-12H,1H3;2*1H;. The number of halogens is 2. The summed E-state index contributed by atoms with van der Waals surface area (Å²) in [6.07, 6.45) is 4.99. The number of allylic oxidation sites excluding steroid dienone is 4. The minimum atomic E-state index is -1.23. The first kappa shape index (κ1) is 30.1. The number of hydrogen-bond donors (Lipinski definition) is 0. The van der Waals surface area contributed by atoms with E-state index in [1.165, 1.54) is 60.4 Å². The predicted molar refractivity (Wildman–Crippen MR) is 173 cm³/mol. The van der Waals surface area contributed by atoms with Crippen molar-refractivity contribution in [3.05, 3.63) is 167 Å². The van der Waals surface area contributed by atoms with Crippen molar-refractivity contribution in [3.8, 4) is 0 Å². The van der Waals surface area contributed by atoms with Gasteiger partial charge in [0, 0.05) is 0 Å². The normalized spacial score (nSPS) is 22.3. The summed E-state index contributed by atoms with van der Waals surface area (Å²) < 4.78 is 0.139. The minimum Gasteiger partial charge on any atom is -0.147 e. The van der Waals surface area contributed by atoms with Gasteiger partial charge in [0.25, 0.3) is 0 Å². The van der Waals surface area contributed by atoms with Crippen LogP contribution in [0, 0.1) is 0 Å². The molecule has 0 spiro atoms. The monoisotopic (exact) mass is 660 g/mol. The molecule has 0 saturated carbocycles. The third kappa shape index (κ3) is 5.69. The molecule has 194 valence electrons. The van der Waals surface area contributed by atoms with Crippen molar-refractivity contribution in [1.29, 1.82) is 0 Å². The molecule has 0 amide bonds. The summed E-state index contributed by atoms with van der Waals surface area (Å²) in [6, 6.07) is 44.7. The Kier molecular flexibility index (Phi) is 9.87. The second-order valence-corrected chi connectivity index (χ2v) is 18.8. The van der Waals surface area contributed by atoms with E-state index in [0.29, 0.717) is 0 Å². The maximum Gasteiger partial charge on any atom is -0.147 e. The molecule has 0 saturated heterocycles. The van der Waals surface area contributed by atoms with Crippen molar-refractivity contribution in [2.24, 2.45) is 0 Å². The van der Waals surface area contributed by atoms with E-state index in [2.05, 4.69) is 147 Å². The molecule has 2 heterocycles. The summed E-state index contributed by atoms with van der Waals surface area (Å²) in [5.41, 5.74) is 8.71. The van der Waals surface area contributed by atoms with E-state index in [1.54, 1.807) is 0 Å². The number of benzene rings is 4. The molecule has 0 N–H and O–H groups in total. The predicted octanol–water partition coefficient (Wildman–Crippen LogP) is 9.87. The Hall–Kier alpha value is -1.84. The molecule has 39 heavy (non-hydrogen) atoms. The van der Waals surface area contributed by atoms with Crippen LogP contribution in [0.5, 0.6) is 0 Å². The summed E-state index contributed by atoms with van der Waals surface area (Å²) in [7, 11) is 2.87. The Morgan fingerprint density at radius 3 is 1.10 bits per heavy atom. The molecular weight excluding hydrogens is 632 g/mol. The molecule has 0 radical (unpaired) electrons. The summed E-state index contributed by atoms with van der Waals surface area (Å²) in [5, 5.41) is 2.91. The molecule has 0 aromatic heterocycles. The van der Waals surface area contributed by atoms with Gasteiger partial charge in [0.15, 0.2) is 0 Å². The fourth-order valence-electron chi connectivity index (χ4n) is 5.34. The molecular formula is C34H30Cl2P2Zr. The van der Waals surface area contributed by atoms with E-state index in [1.807, 2.05) is 0 Å². The molecule has 0 aliphatic carbocycles. The molecule has 2 atom stereocenters. The van der Waals surface area contributed by atoms with Gasteiger partial charge in [0.1, 0.15) is 0 Å². The molecule has 2 unspecified atom stereocenters. The van der Waals surface area contributed by atoms with Crippen molar-refractivity contribution >= 4 is 51.8 Å². The van der Waals surface area contributed by atoms with Gasteiger partial charge >= 0.3 is 237 Å². The Bertz CT molecular complexity index is 1430. The van der Waals surface area contributed by atoms with Gasteiger partial charge in [-0.05, 0) is 0 Å². The van der Waals surface area contributed by atoms with Crippen LogP contribution in [-0.2, 0) is 29.0 Å². The maximum absolute atomic E-state index is 2.50. The smallest absolute Gasteiger partial charge is 0.147 e. The van der Waals surface area contributed by atoms with Gasteiger partial charge in [-0.15, -0.1) is 24.8 Å². The quantitative estimate of drug-likeness (QED) is 0.180. The largest absolute Gasteiger partial charge is 0.147 e. The molecule has 0 bridgehead atoms. The number of hydrogen-bond acceptors (Lipinski definition) is 0. The zero-order valence-corrected chi connectivity index (χ0v) is 27.8. The van der Waals surface area contributed by atoms with Crippen molar-refractivity contribution in [3.63, 3.8) is 0 Å². The molecule has 2 aliphatic rings. The van der Waals surface area contributed by atoms with Crippen LogP contribution in [0.3, 0.4) is 0 Å². The van der Waals surface area contributed by atoms with Gasteiger partial charge < -0.3 is 0 Å². The van der Waals surface area contributed by atoms with Crippen molar-refractivity contribution in [1.82, 2.24) is 0 Å². The topological polar surface area (TPSA) is 0 Å². The molecule has 2 aliphatic heterocycles. The van der Waals surface area contributed by atoms with Crippen LogP contribution in [0.1, 0.15) is 36.1 Å². The van der Waals surface area contributed by atoms with E-state index in [-0.39, 0.29) is 30.5 Å². The van der Waals surface area contributed by atoms with Crippen LogP contribution in [0.15, 0.2) is 145 Å². The van der Waals surface area contributed by atoms with Crippen LogP contribution in [0.2, 0.25) is 0 Å². The molecule has 0 nitrogen and oxygen atoms in total. The first-order valence-corrected chi connectivity index (χ1v) is 16.9. The van der Waals surface area contributed by atoms with Crippen LogP contribution >= 0.6 is 41.2 Å². The van der Waals surface area contributed by atoms with Crippen LogP contribution in [0.25, 0.3) is 0 Å². The first-order valence-electron chi connectivity index (χ1n) is 12.7. The molecule has 4 aromatic carbocycles. The number of rotatable bonds is 6. The van der Waals surface area contributed by atoms with Crippen LogP contribution < -0.4 is 0 Å². The third-order valence-electron chi connectivity index (χ3n) is 7.31. The first-order chi connectivity index (χ1) is 18.1. The summed E-state index contributed by atoms with van der Waals surface area (Å²) in [5.74, 6) is 0. The van der Waals surface area contributed by atoms with E-state index in [9.17, 15) is 0 Å². The second kappa shape index (κ2) is 12.8. The molecule has 0 fully saturated rings. The van der Waals surface area contributed by atoms with E-state index in [0.717, 1.165) is 0 Å². The summed E-state index contributed by atoms with van der Waals surface area (Å²) in [6.45, 7) is 4.78. The van der Waals surface area contributed by atoms with Gasteiger partial charge in [-0.25, -0.2) is 0 Å². The fraction of sp³-hybridized carbons (Fsp3) is 0.118. The molecule has 5 heteroatoms. The SMILES string of the molecule is CC1=CC(c2ccccc2)=P[C]1([Zr][C]1(c2ccccc2)P=C(c2ccccc2)C=C1C)c1ccccc1.Cl.Cl. The summed E-state index contributed by atoms with van der Waals surface area (Å²) in [4.78, 5) is 0. The van der Waals surface area contributed by atoms with Crippen molar-refractivity contribution in [2.75, 3.05) is 0 Å². The van der Waals surface area contributed by atoms with Crippen molar-refractivity contribution in [2.45, 2.75) is 19.6 Å². The Labute approximate surface area is 259 Å².